The van der Waals surface area contributed by atoms with Gasteiger partial charge in [-0.25, -0.2) is 0 Å². The highest BCUT2D eigenvalue weighted by atomic mass is 16.5. The average Bonchev–Trinajstić information content (AvgIpc) is 2.97. The van der Waals surface area contributed by atoms with E-state index in [9.17, 15) is 5.11 Å². The van der Waals surface area contributed by atoms with Crippen LogP contribution in [-0.2, 0) is 23.7 Å². The van der Waals surface area contributed by atoms with Gasteiger partial charge in [-0.2, -0.15) is 0 Å². The first-order valence-electron chi connectivity index (χ1n) is 16.2. The highest BCUT2D eigenvalue weighted by molar-refractivity contribution is 5.46. The molecular formula is C37H52N2O2. The number of benzene rings is 2. The Hall–Kier alpha value is -2.30. The minimum atomic E-state index is 0.207. The number of methoxy groups -OCH3 is 1. The lowest BCUT2D eigenvalue weighted by molar-refractivity contribution is 0.00274. The van der Waals surface area contributed by atoms with Crippen LogP contribution in [0.2, 0.25) is 0 Å². The SMILES string of the molecule is CC(C)=CCN1CC[C@@]2(C)c3cc(O)ccc3C[C@@H]1[C@@H]2C.COc1ccc2c(c1)[C@]13CCCC[C@@H]1[C@H](C2)N(C)CC3. The highest BCUT2D eigenvalue weighted by Crippen LogP contribution is 2.56. The van der Waals surface area contributed by atoms with E-state index in [1.165, 1.54) is 68.2 Å². The molecule has 1 saturated carbocycles. The van der Waals surface area contributed by atoms with Gasteiger partial charge in [0.15, 0.2) is 0 Å². The number of nitrogens with zero attached hydrogens (tertiary/aromatic N) is 2. The minimum absolute atomic E-state index is 0.207. The normalized spacial score (nSPS) is 33.8. The predicted molar refractivity (Wildman–Crippen MR) is 169 cm³/mol. The molecule has 41 heavy (non-hydrogen) atoms. The molecule has 6 atom stereocenters. The second-order valence-electron chi connectivity index (χ2n) is 14.4. The van der Waals surface area contributed by atoms with E-state index in [0.29, 0.717) is 23.1 Å². The summed E-state index contributed by atoms with van der Waals surface area (Å²) in [6, 6.07) is 14.2. The fourth-order valence-corrected chi connectivity index (χ4v) is 9.52. The Balaban J connectivity index is 0.000000148. The van der Waals surface area contributed by atoms with Crippen LogP contribution in [-0.4, -0.2) is 60.8 Å². The van der Waals surface area contributed by atoms with E-state index in [4.69, 9.17) is 4.74 Å². The molecule has 0 unspecified atom stereocenters. The van der Waals surface area contributed by atoms with Gasteiger partial charge < -0.3 is 14.7 Å². The van der Waals surface area contributed by atoms with Crippen LogP contribution >= 0.6 is 0 Å². The van der Waals surface area contributed by atoms with E-state index in [1.807, 2.05) is 12.1 Å². The van der Waals surface area contributed by atoms with Crippen molar-refractivity contribution in [1.29, 1.82) is 0 Å². The van der Waals surface area contributed by atoms with Crippen molar-refractivity contribution in [2.75, 3.05) is 33.8 Å². The Labute approximate surface area is 248 Å². The van der Waals surface area contributed by atoms with Gasteiger partial charge in [-0.3, -0.25) is 4.90 Å². The van der Waals surface area contributed by atoms with Crippen LogP contribution in [0.1, 0.15) is 88.5 Å². The number of piperidine rings is 2. The van der Waals surface area contributed by atoms with E-state index >= 15 is 0 Å². The second-order valence-corrected chi connectivity index (χ2v) is 14.4. The van der Waals surface area contributed by atoms with Gasteiger partial charge in [0, 0.05) is 24.0 Å². The van der Waals surface area contributed by atoms with Crippen LogP contribution < -0.4 is 4.74 Å². The molecule has 0 spiro atoms. The van der Waals surface area contributed by atoms with Gasteiger partial charge in [-0.05, 0) is 136 Å². The maximum atomic E-state index is 9.87. The van der Waals surface area contributed by atoms with Crippen molar-refractivity contribution in [2.24, 2.45) is 11.8 Å². The van der Waals surface area contributed by atoms with Crippen molar-refractivity contribution >= 4 is 0 Å². The Kier molecular flexibility index (Phi) is 7.78. The molecule has 1 N–H and O–H groups in total. The molecule has 3 fully saturated rings. The third-order valence-electron chi connectivity index (χ3n) is 12.2. The molecule has 0 aromatic heterocycles. The summed E-state index contributed by atoms with van der Waals surface area (Å²) in [5.74, 6) is 2.95. The fourth-order valence-electron chi connectivity index (χ4n) is 9.52. The average molecular weight is 557 g/mol. The number of fused-ring (bicyclic) bond motifs is 5. The number of allylic oxidation sites excluding steroid dienone is 1. The minimum Gasteiger partial charge on any atom is -0.508 e. The standard InChI is InChI=1S/C19H27NO.C18H25NO/c1-13(2)7-9-20-10-8-19(4)14(3)18(20)11-15-5-6-16(21)12-17(15)19;1-19-10-9-18-8-4-3-5-15(18)17(19)11-13-6-7-14(20-2)12-16(13)18/h5-7,12,14,18,21H,8-11H2,1-4H3;6-7,12,15,17H,3-5,8-11H2,1-2H3/t14-,18+,19+;15-,17+,18+/m01/s1. The number of phenols is 1. The molecule has 2 aliphatic heterocycles. The first-order chi connectivity index (χ1) is 19.7. The summed E-state index contributed by atoms with van der Waals surface area (Å²) in [5, 5.41) is 9.87. The number of likely N-dealkylation sites (tertiary alicyclic amines) is 2. The molecule has 5 aliphatic rings. The van der Waals surface area contributed by atoms with E-state index < -0.39 is 0 Å². The van der Waals surface area contributed by atoms with Crippen molar-refractivity contribution in [2.45, 2.75) is 102 Å². The molecule has 2 heterocycles. The van der Waals surface area contributed by atoms with Gasteiger partial charge in [-0.15, -0.1) is 0 Å². The molecule has 2 saturated heterocycles. The second kappa shape index (κ2) is 11.1. The van der Waals surface area contributed by atoms with E-state index in [0.717, 1.165) is 37.2 Å². The summed E-state index contributed by atoms with van der Waals surface area (Å²) in [5.41, 5.74) is 8.09. The van der Waals surface area contributed by atoms with Gasteiger partial charge >= 0.3 is 0 Å². The lowest BCUT2D eigenvalue weighted by Gasteiger charge is -2.58. The number of hydrogen-bond acceptors (Lipinski definition) is 4. The number of likely N-dealkylation sites (N-methyl/N-ethyl adjacent to an activating group) is 1. The molecule has 2 aromatic carbocycles. The highest BCUT2D eigenvalue weighted by Gasteiger charge is 2.53. The van der Waals surface area contributed by atoms with Gasteiger partial charge in [0.2, 0.25) is 0 Å². The molecule has 4 bridgehead atoms. The summed E-state index contributed by atoms with van der Waals surface area (Å²) in [6.07, 6.45) is 12.9. The third kappa shape index (κ3) is 4.93. The number of phenolic OH excluding ortho intramolecular Hbond substituents is 1. The number of hydrogen-bond donors (Lipinski definition) is 1. The van der Waals surface area contributed by atoms with Crippen molar-refractivity contribution in [1.82, 2.24) is 9.80 Å². The molecular weight excluding hydrogens is 504 g/mol. The van der Waals surface area contributed by atoms with Crippen LogP contribution in [0.25, 0.3) is 0 Å². The summed E-state index contributed by atoms with van der Waals surface area (Å²) < 4.78 is 5.51. The largest absolute Gasteiger partial charge is 0.508 e. The van der Waals surface area contributed by atoms with Gasteiger partial charge in [0.05, 0.1) is 7.11 Å². The smallest absolute Gasteiger partial charge is 0.119 e. The first kappa shape index (κ1) is 28.8. The van der Waals surface area contributed by atoms with E-state index in [2.05, 4.69) is 74.9 Å². The van der Waals surface area contributed by atoms with Crippen LogP contribution in [0, 0.1) is 11.8 Å². The Morgan fingerprint density at radius 3 is 2.51 bits per heavy atom. The van der Waals surface area contributed by atoms with Crippen molar-refractivity contribution in [3.05, 3.63) is 70.3 Å². The monoisotopic (exact) mass is 556 g/mol. The Morgan fingerprint density at radius 2 is 1.73 bits per heavy atom. The van der Waals surface area contributed by atoms with Gasteiger partial charge in [-0.1, -0.05) is 50.5 Å². The first-order valence-corrected chi connectivity index (χ1v) is 16.2. The number of aromatic hydroxyl groups is 1. The van der Waals surface area contributed by atoms with E-state index in [1.54, 1.807) is 18.2 Å². The van der Waals surface area contributed by atoms with Crippen molar-refractivity contribution < 1.29 is 9.84 Å². The van der Waals surface area contributed by atoms with Crippen molar-refractivity contribution in [3.63, 3.8) is 0 Å². The maximum absolute atomic E-state index is 9.87. The molecule has 0 amide bonds. The molecule has 7 rings (SSSR count). The molecule has 4 heteroatoms. The zero-order valence-corrected chi connectivity index (χ0v) is 26.4. The number of rotatable bonds is 3. The van der Waals surface area contributed by atoms with E-state index in [-0.39, 0.29) is 5.41 Å². The molecule has 2 aromatic rings. The predicted octanol–water partition coefficient (Wildman–Crippen LogP) is 7.27. The quantitative estimate of drug-likeness (QED) is 0.404. The summed E-state index contributed by atoms with van der Waals surface area (Å²) in [7, 11) is 4.12. The van der Waals surface area contributed by atoms with Gasteiger partial charge in [0.25, 0.3) is 0 Å². The lowest BCUT2D eigenvalue weighted by atomic mass is 9.52. The fraction of sp³-hybridized carbons (Fsp3) is 0.622. The molecule has 222 valence electrons. The maximum Gasteiger partial charge on any atom is 0.119 e. The number of ether oxygens (including phenoxy) is 1. The van der Waals surface area contributed by atoms with Crippen LogP contribution in [0.15, 0.2) is 48.0 Å². The zero-order chi connectivity index (χ0) is 28.9. The van der Waals surface area contributed by atoms with Crippen LogP contribution in [0.3, 0.4) is 0 Å². The van der Waals surface area contributed by atoms with Crippen LogP contribution in [0.4, 0.5) is 0 Å². The molecule has 3 aliphatic carbocycles. The van der Waals surface area contributed by atoms with Crippen LogP contribution in [0.5, 0.6) is 11.5 Å². The van der Waals surface area contributed by atoms with Gasteiger partial charge in [0.1, 0.15) is 11.5 Å². The van der Waals surface area contributed by atoms with Crippen molar-refractivity contribution in [3.8, 4) is 11.5 Å². The summed E-state index contributed by atoms with van der Waals surface area (Å²) >= 11 is 0. The lowest BCUT2D eigenvalue weighted by Crippen LogP contribution is -2.59. The molecule has 4 nitrogen and oxygen atoms in total. The molecule has 0 radical (unpaired) electrons. The summed E-state index contributed by atoms with van der Waals surface area (Å²) in [4.78, 5) is 5.27. The Bertz CT molecular complexity index is 1300. The zero-order valence-electron chi connectivity index (χ0n) is 26.4. The third-order valence-corrected chi connectivity index (χ3v) is 12.2. The Morgan fingerprint density at radius 1 is 0.976 bits per heavy atom. The summed E-state index contributed by atoms with van der Waals surface area (Å²) in [6.45, 7) is 12.6. The topological polar surface area (TPSA) is 35.9 Å².